The number of nitrogens with zero attached hydrogens (tertiary/aromatic N) is 4. The van der Waals surface area contributed by atoms with E-state index >= 15 is 0 Å². The van der Waals surface area contributed by atoms with Gasteiger partial charge in [0.2, 0.25) is 0 Å². The Balaban J connectivity index is 1.76. The highest BCUT2D eigenvalue weighted by atomic mass is 15.3. The molecule has 6 heteroatoms. The summed E-state index contributed by atoms with van der Waals surface area (Å²) in [6, 6.07) is 0. The molecule has 1 aromatic heterocycles. The normalized spacial score (nSPS) is 15.8. The Labute approximate surface area is 120 Å². The molecule has 0 fully saturated rings. The van der Waals surface area contributed by atoms with Crippen molar-refractivity contribution in [3.05, 3.63) is 11.6 Å². The van der Waals surface area contributed by atoms with Crippen molar-refractivity contribution in [2.45, 2.75) is 58.4 Å². The van der Waals surface area contributed by atoms with Crippen molar-refractivity contribution in [1.82, 2.24) is 20.1 Å². The van der Waals surface area contributed by atoms with Gasteiger partial charge in [-0.05, 0) is 25.7 Å². The Hall–Kier alpha value is -1.59. The van der Waals surface area contributed by atoms with Crippen molar-refractivity contribution in [2.75, 3.05) is 13.1 Å². The minimum absolute atomic E-state index is 0.548. The summed E-state index contributed by atoms with van der Waals surface area (Å²) in [5.74, 6) is 2.83. The first kappa shape index (κ1) is 14.8. The SMILES string of the molecule is CCCN=C(N)NCCCc1nnc2n1CCCCC2. The largest absolute Gasteiger partial charge is 0.370 e. The Morgan fingerprint density at radius 2 is 2.25 bits per heavy atom. The number of rotatable bonds is 6. The molecule has 0 spiro atoms. The van der Waals surface area contributed by atoms with Gasteiger partial charge in [-0.3, -0.25) is 4.99 Å². The average molecular weight is 278 g/mol. The van der Waals surface area contributed by atoms with E-state index in [0.29, 0.717) is 5.96 Å². The van der Waals surface area contributed by atoms with Gasteiger partial charge in [0.25, 0.3) is 0 Å². The fraction of sp³-hybridized carbons (Fsp3) is 0.786. The summed E-state index contributed by atoms with van der Waals surface area (Å²) in [5, 5.41) is 11.8. The van der Waals surface area contributed by atoms with Crippen LogP contribution in [0.3, 0.4) is 0 Å². The van der Waals surface area contributed by atoms with E-state index in [1.807, 2.05) is 0 Å². The van der Waals surface area contributed by atoms with Crippen LogP contribution in [0.5, 0.6) is 0 Å². The minimum Gasteiger partial charge on any atom is -0.370 e. The van der Waals surface area contributed by atoms with E-state index in [1.165, 1.54) is 19.3 Å². The van der Waals surface area contributed by atoms with E-state index in [0.717, 1.165) is 57.0 Å². The number of aromatic nitrogens is 3. The van der Waals surface area contributed by atoms with E-state index < -0.39 is 0 Å². The highest BCUT2D eigenvalue weighted by Crippen LogP contribution is 2.15. The topological polar surface area (TPSA) is 81.1 Å². The third-order valence-electron chi connectivity index (χ3n) is 3.58. The Bertz CT molecular complexity index is 437. The van der Waals surface area contributed by atoms with E-state index in [1.54, 1.807) is 0 Å². The van der Waals surface area contributed by atoms with Gasteiger partial charge in [-0.2, -0.15) is 0 Å². The second-order valence-electron chi connectivity index (χ2n) is 5.29. The molecule has 1 aliphatic heterocycles. The predicted octanol–water partition coefficient (Wildman–Crippen LogP) is 1.25. The third-order valence-corrected chi connectivity index (χ3v) is 3.58. The molecule has 0 saturated carbocycles. The molecule has 0 radical (unpaired) electrons. The molecule has 2 rings (SSSR count). The van der Waals surface area contributed by atoms with Gasteiger partial charge in [-0.25, -0.2) is 0 Å². The highest BCUT2D eigenvalue weighted by Gasteiger charge is 2.13. The maximum Gasteiger partial charge on any atom is 0.188 e. The number of guanidine groups is 1. The van der Waals surface area contributed by atoms with Crippen LogP contribution < -0.4 is 11.1 Å². The molecule has 0 bridgehead atoms. The molecule has 0 aliphatic carbocycles. The van der Waals surface area contributed by atoms with Crippen LogP contribution in [0, 0.1) is 0 Å². The van der Waals surface area contributed by atoms with Crippen molar-refractivity contribution >= 4 is 5.96 Å². The number of aliphatic imine (C=N–C) groups is 1. The molecule has 1 aliphatic rings. The van der Waals surface area contributed by atoms with Crippen LogP contribution >= 0.6 is 0 Å². The molecule has 0 aromatic carbocycles. The predicted molar refractivity (Wildman–Crippen MR) is 80.7 cm³/mol. The van der Waals surface area contributed by atoms with Gasteiger partial charge in [0.15, 0.2) is 5.96 Å². The van der Waals surface area contributed by atoms with E-state index in [-0.39, 0.29) is 0 Å². The van der Waals surface area contributed by atoms with Gasteiger partial charge in [-0.15, -0.1) is 10.2 Å². The maximum absolute atomic E-state index is 5.76. The highest BCUT2D eigenvalue weighted by molar-refractivity contribution is 5.77. The lowest BCUT2D eigenvalue weighted by Crippen LogP contribution is -2.32. The lowest BCUT2D eigenvalue weighted by atomic mass is 10.2. The molecular formula is C14H26N6. The number of aryl methyl sites for hydroxylation is 2. The number of hydrogen-bond acceptors (Lipinski definition) is 3. The fourth-order valence-corrected chi connectivity index (χ4v) is 2.48. The lowest BCUT2D eigenvalue weighted by Gasteiger charge is -2.08. The zero-order valence-electron chi connectivity index (χ0n) is 12.4. The molecule has 6 nitrogen and oxygen atoms in total. The maximum atomic E-state index is 5.76. The Kier molecular flexibility index (Phi) is 5.83. The minimum atomic E-state index is 0.548. The molecule has 2 heterocycles. The van der Waals surface area contributed by atoms with Crippen LogP contribution in [0.4, 0.5) is 0 Å². The second-order valence-corrected chi connectivity index (χ2v) is 5.29. The summed E-state index contributed by atoms with van der Waals surface area (Å²) >= 11 is 0. The van der Waals surface area contributed by atoms with Crippen molar-refractivity contribution < 1.29 is 0 Å². The standard InChI is InChI=1S/C14H26N6/c1-2-9-16-14(15)17-10-6-8-13-19-18-12-7-4-3-5-11-20(12)13/h2-11H2,1H3,(H3,15,16,17). The molecule has 20 heavy (non-hydrogen) atoms. The van der Waals surface area contributed by atoms with Crippen LogP contribution in [0.25, 0.3) is 0 Å². The van der Waals surface area contributed by atoms with Crippen LogP contribution in [-0.4, -0.2) is 33.8 Å². The van der Waals surface area contributed by atoms with Crippen LogP contribution in [-0.2, 0) is 19.4 Å². The van der Waals surface area contributed by atoms with Gasteiger partial charge in [-0.1, -0.05) is 13.3 Å². The van der Waals surface area contributed by atoms with Crippen molar-refractivity contribution in [3.8, 4) is 0 Å². The fourth-order valence-electron chi connectivity index (χ4n) is 2.48. The van der Waals surface area contributed by atoms with Crippen molar-refractivity contribution in [1.29, 1.82) is 0 Å². The zero-order chi connectivity index (χ0) is 14.2. The van der Waals surface area contributed by atoms with Crippen LogP contribution in [0.15, 0.2) is 4.99 Å². The summed E-state index contributed by atoms with van der Waals surface area (Å²) in [5.41, 5.74) is 5.76. The van der Waals surface area contributed by atoms with Gasteiger partial charge in [0.1, 0.15) is 11.6 Å². The summed E-state index contributed by atoms with van der Waals surface area (Å²) in [6.07, 6.45) is 7.82. The molecule has 1 aromatic rings. The van der Waals surface area contributed by atoms with E-state index in [2.05, 4.69) is 32.0 Å². The first-order valence-corrected chi connectivity index (χ1v) is 7.76. The third kappa shape index (κ3) is 4.21. The summed E-state index contributed by atoms with van der Waals surface area (Å²) in [7, 11) is 0. The van der Waals surface area contributed by atoms with E-state index in [4.69, 9.17) is 5.73 Å². The van der Waals surface area contributed by atoms with Gasteiger partial charge in [0.05, 0.1) is 0 Å². The second kappa shape index (κ2) is 7.87. The average Bonchev–Trinajstić information content (AvgIpc) is 2.69. The number of fused-ring (bicyclic) bond motifs is 1. The van der Waals surface area contributed by atoms with Crippen LogP contribution in [0.2, 0.25) is 0 Å². The summed E-state index contributed by atoms with van der Waals surface area (Å²) in [4.78, 5) is 4.21. The monoisotopic (exact) mass is 278 g/mol. The Morgan fingerprint density at radius 1 is 1.35 bits per heavy atom. The zero-order valence-corrected chi connectivity index (χ0v) is 12.4. The number of nitrogens with one attached hydrogen (secondary N) is 1. The number of nitrogens with two attached hydrogens (primary N) is 1. The van der Waals surface area contributed by atoms with Gasteiger partial charge < -0.3 is 15.6 Å². The number of hydrogen-bond donors (Lipinski definition) is 2. The molecule has 0 amide bonds. The van der Waals surface area contributed by atoms with Crippen LogP contribution in [0.1, 0.15) is 50.7 Å². The van der Waals surface area contributed by atoms with Crippen molar-refractivity contribution in [2.24, 2.45) is 10.7 Å². The first-order valence-electron chi connectivity index (χ1n) is 7.76. The molecule has 0 atom stereocenters. The first-order chi connectivity index (χ1) is 9.81. The smallest absolute Gasteiger partial charge is 0.188 e. The summed E-state index contributed by atoms with van der Waals surface area (Å²) < 4.78 is 2.31. The van der Waals surface area contributed by atoms with Gasteiger partial charge in [0, 0.05) is 32.5 Å². The lowest BCUT2D eigenvalue weighted by molar-refractivity contribution is 0.594. The summed E-state index contributed by atoms with van der Waals surface area (Å²) in [6.45, 7) is 4.79. The molecular weight excluding hydrogens is 252 g/mol. The Morgan fingerprint density at radius 3 is 3.10 bits per heavy atom. The molecule has 0 unspecified atom stereocenters. The quantitative estimate of drug-likeness (QED) is 0.466. The molecule has 0 saturated heterocycles. The molecule has 3 N–H and O–H groups in total. The van der Waals surface area contributed by atoms with Crippen molar-refractivity contribution in [3.63, 3.8) is 0 Å². The van der Waals surface area contributed by atoms with Gasteiger partial charge >= 0.3 is 0 Å². The van der Waals surface area contributed by atoms with E-state index in [9.17, 15) is 0 Å². The molecule has 112 valence electrons.